The number of sulfonamides is 1. The second kappa shape index (κ2) is 7.37. The van der Waals surface area contributed by atoms with E-state index in [4.69, 9.17) is 11.6 Å². The van der Waals surface area contributed by atoms with Crippen LogP contribution < -0.4 is 4.72 Å². The minimum Gasteiger partial charge on any atom is -0.276 e. The summed E-state index contributed by atoms with van der Waals surface area (Å²) in [6.45, 7) is 7.82. The highest BCUT2D eigenvalue weighted by atomic mass is 35.5. The molecule has 0 aliphatic carbocycles. The zero-order valence-electron chi connectivity index (χ0n) is 15.7. The summed E-state index contributed by atoms with van der Waals surface area (Å²) >= 11 is 6.05. The van der Waals surface area contributed by atoms with Gasteiger partial charge in [0, 0.05) is 5.02 Å². The van der Waals surface area contributed by atoms with Gasteiger partial charge in [-0.1, -0.05) is 35.9 Å². The van der Waals surface area contributed by atoms with Crippen molar-refractivity contribution in [2.24, 2.45) is 0 Å². The Morgan fingerprint density at radius 2 is 1.81 bits per heavy atom. The summed E-state index contributed by atoms with van der Waals surface area (Å²) in [5, 5.41) is 5.16. The second-order valence-corrected chi connectivity index (χ2v) is 8.80. The van der Waals surface area contributed by atoms with E-state index in [0.717, 1.165) is 16.8 Å². The number of aryl methyl sites for hydroxylation is 3. The summed E-state index contributed by atoms with van der Waals surface area (Å²) < 4.78 is 30.4. The highest BCUT2D eigenvalue weighted by Crippen LogP contribution is 2.26. The monoisotopic (exact) mass is 403 g/mol. The molecule has 0 atom stereocenters. The minimum atomic E-state index is -3.70. The SMILES string of the molecule is Cc1ccc(C)c(S(=O)(=O)Nc2c(C)nn(Cc3cccc(Cl)c3)c2C)c1. The van der Waals surface area contributed by atoms with E-state index in [1.807, 2.05) is 50.2 Å². The molecule has 0 radical (unpaired) electrons. The van der Waals surface area contributed by atoms with Gasteiger partial charge in [-0.15, -0.1) is 0 Å². The maximum atomic E-state index is 12.9. The van der Waals surface area contributed by atoms with Gasteiger partial charge in [-0.2, -0.15) is 5.10 Å². The van der Waals surface area contributed by atoms with Gasteiger partial charge in [-0.3, -0.25) is 9.40 Å². The van der Waals surface area contributed by atoms with E-state index in [2.05, 4.69) is 9.82 Å². The Morgan fingerprint density at radius 1 is 1.07 bits per heavy atom. The fourth-order valence-electron chi connectivity index (χ4n) is 2.99. The van der Waals surface area contributed by atoms with E-state index in [-0.39, 0.29) is 4.90 Å². The first-order valence-electron chi connectivity index (χ1n) is 8.56. The van der Waals surface area contributed by atoms with Gasteiger partial charge in [0.1, 0.15) is 0 Å². The molecule has 0 fully saturated rings. The summed E-state index contributed by atoms with van der Waals surface area (Å²) in [7, 11) is -3.70. The number of hydrogen-bond acceptors (Lipinski definition) is 3. The summed E-state index contributed by atoms with van der Waals surface area (Å²) in [5.74, 6) is 0. The summed E-state index contributed by atoms with van der Waals surface area (Å²) in [4.78, 5) is 0.281. The van der Waals surface area contributed by atoms with Crippen molar-refractivity contribution in [3.05, 3.63) is 75.6 Å². The summed E-state index contributed by atoms with van der Waals surface area (Å²) in [5.41, 5.74) is 4.49. The van der Waals surface area contributed by atoms with Gasteiger partial charge < -0.3 is 0 Å². The van der Waals surface area contributed by atoms with Gasteiger partial charge in [-0.25, -0.2) is 8.42 Å². The van der Waals surface area contributed by atoms with Gasteiger partial charge >= 0.3 is 0 Å². The second-order valence-electron chi connectivity index (χ2n) is 6.71. The first-order valence-corrected chi connectivity index (χ1v) is 10.4. The van der Waals surface area contributed by atoms with Crippen molar-refractivity contribution < 1.29 is 8.42 Å². The van der Waals surface area contributed by atoms with E-state index in [1.165, 1.54) is 0 Å². The van der Waals surface area contributed by atoms with Crippen LogP contribution in [0.2, 0.25) is 5.02 Å². The minimum absolute atomic E-state index is 0.281. The predicted molar refractivity (Wildman–Crippen MR) is 109 cm³/mol. The number of anilines is 1. The number of halogens is 1. The quantitative estimate of drug-likeness (QED) is 0.676. The lowest BCUT2D eigenvalue weighted by Gasteiger charge is -2.12. The Morgan fingerprint density at radius 3 is 2.52 bits per heavy atom. The molecular formula is C20H22ClN3O2S. The molecule has 3 rings (SSSR count). The largest absolute Gasteiger partial charge is 0.276 e. The molecule has 142 valence electrons. The molecule has 7 heteroatoms. The van der Waals surface area contributed by atoms with Crippen molar-refractivity contribution in [1.29, 1.82) is 0 Å². The van der Waals surface area contributed by atoms with Crippen LogP contribution in [0.3, 0.4) is 0 Å². The Hall–Kier alpha value is -2.31. The van der Waals surface area contributed by atoms with Crippen LogP contribution in [0.1, 0.15) is 28.1 Å². The third-order valence-electron chi connectivity index (χ3n) is 4.47. The van der Waals surface area contributed by atoms with Crippen LogP contribution in [0.5, 0.6) is 0 Å². The molecule has 1 heterocycles. The van der Waals surface area contributed by atoms with Crippen LogP contribution in [-0.4, -0.2) is 18.2 Å². The molecule has 2 aromatic carbocycles. The van der Waals surface area contributed by atoms with E-state index in [1.54, 1.807) is 24.6 Å². The number of rotatable bonds is 5. The van der Waals surface area contributed by atoms with Gasteiger partial charge in [0.2, 0.25) is 0 Å². The van der Waals surface area contributed by atoms with Crippen molar-refractivity contribution in [1.82, 2.24) is 9.78 Å². The lowest BCUT2D eigenvalue weighted by Crippen LogP contribution is -2.15. The van der Waals surface area contributed by atoms with Crippen molar-refractivity contribution >= 4 is 27.3 Å². The number of hydrogen-bond donors (Lipinski definition) is 1. The third-order valence-corrected chi connectivity index (χ3v) is 6.20. The molecule has 0 spiro atoms. The molecule has 0 aliphatic heterocycles. The van der Waals surface area contributed by atoms with Gasteiger partial charge in [0.25, 0.3) is 10.0 Å². The molecule has 3 aromatic rings. The topological polar surface area (TPSA) is 64.0 Å². The first-order chi connectivity index (χ1) is 12.7. The Kier molecular flexibility index (Phi) is 5.31. The Balaban J connectivity index is 1.94. The van der Waals surface area contributed by atoms with Crippen molar-refractivity contribution in [2.75, 3.05) is 4.72 Å². The standard InChI is InChI=1S/C20H22ClN3O2S/c1-13-8-9-14(2)19(10-13)27(25,26)23-20-15(3)22-24(16(20)4)12-17-6-5-7-18(21)11-17/h5-11,23H,12H2,1-4H3. The Labute approximate surface area is 165 Å². The molecular weight excluding hydrogens is 382 g/mol. The molecule has 1 aromatic heterocycles. The van der Waals surface area contributed by atoms with Crippen molar-refractivity contribution in [2.45, 2.75) is 39.1 Å². The number of aromatic nitrogens is 2. The van der Waals surface area contributed by atoms with Crippen LogP contribution in [0.25, 0.3) is 0 Å². The van der Waals surface area contributed by atoms with Crippen LogP contribution in [-0.2, 0) is 16.6 Å². The fraction of sp³-hybridized carbons (Fsp3) is 0.250. The van der Waals surface area contributed by atoms with Crippen LogP contribution in [0.15, 0.2) is 47.4 Å². The van der Waals surface area contributed by atoms with Gasteiger partial charge in [0.05, 0.1) is 28.5 Å². The van der Waals surface area contributed by atoms with Gasteiger partial charge in [-0.05, 0) is 62.6 Å². The average Bonchev–Trinajstić information content (AvgIpc) is 2.84. The molecule has 0 amide bonds. The smallest absolute Gasteiger partial charge is 0.262 e. The molecule has 0 saturated carbocycles. The maximum Gasteiger partial charge on any atom is 0.262 e. The van der Waals surface area contributed by atoms with E-state index in [9.17, 15) is 8.42 Å². The molecule has 27 heavy (non-hydrogen) atoms. The van der Waals surface area contributed by atoms with Crippen molar-refractivity contribution in [3.63, 3.8) is 0 Å². The molecule has 0 bridgehead atoms. The first kappa shape index (κ1) is 19.5. The lowest BCUT2D eigenvalue weighted by atomic mass is 10.2. The van der Waals surface area contributed by atoms with Crippen LogP contribution >= 0.6 is 11.6 Å². The zero-order chi connectivity index (χ0) is 19.8. The highest BCUT2D eigenvalue weighted by molar-refractivity contribution is 7.92. The van der Waals surface area contributed by atoms with Crippen LogP contribution in [0, 0.1) is 27.7 Å². The molecule has 0 aliphatic rings. The molecule has 1 N–H and O–H groups in total. The van der Waals surface area contributed by atoms with E-state index >= 15 is 0 Å². The van der Waals surface area contributed by atoms with E-state index in [0.29, 0.717) is 28.5 Å². The number of nitrogens with one attached hydrogen (secondary N) is 1. The summed E-state index contributed by atoms with van der Waals surface area (Å²) in [6.07, 6.45) is 0. The predicted octanol–water partition coefficient (Wildman–Crippen LogP) is 4.62. The van der Waals surface area contributed by atoms with Crippen LogP contribution in [0.4, 0.5) is 5.69 Å². The maximum absolute atomic E-state index is 12.9. The van der Waals surface area contributed by atoms with Crippen molar-refractivity contribution in [3.8, 4) is 0 Å². The molecule has 5 nitrogen and oxygen atoms in total. The third kappa shape index (κ3) is 4.17. The Bertz CT molecular complexity index is 1100. The number of nitrogens with zero attached hydrogens (tertiary/aromatic N) is 2. The average molecular weight is 404 g/mol. The highest BCUT2D eigenvalue weighted by Gasteiger charge is 2.21. The number of benzene rings is 2. The van der Waals surface area contributed by atoms with E-state index < -0.39 is 10.0 Å². The lowest BCUT2D eigenvalue weighted by molar-refractivity contribution is 0.600. The fourth-order valence-corrected chi connectivity index (χ4v) is 4.71. The van der Waals surface area contributed by atoms with Gasteiger partial charge in [0.15, 0.2) is 0 Å². The normalized spacial score (nSPS) is 11.6. The zero-order valence-corrected chi connectivity index (χ0v) is 17.3. The molecule has 0 saturated heterocycles. The summed E-state index contributed by atoms with van der Waals surface area (Å²) in [6, 6.07) is 12.9. The molecule has 0 unspecified atom stereocenters.